The lowest BCUT2D eigenvalue weighted by molar-refractivity contribution is 0.0891. The molecule has 0 saturated carbocycles. The lowest BCUT2D eigenvalue weighted by Crippen LogP contribution is -2.30. The van der Waals surface area contributed by atoms with Crippen molar-refractivity contribution in [2.45, 2.75) is 19.9 Å². The van der Waals surface area contributed by atoms with Gasteiger partial charge in [-0.3, -0.25) is 4.79 Å². The van der Waals surface area contributed by atoms with Crippen LogP contribution in [0.4, 0.5) is 0 Å². The number of para-hydroxylation sites is 1. The van der Waals surface area contributed by atoms with Crippen LogP contribution < -0.4 is 5.73 Å². The van der Waals surface area contributed by atoms with Crippen LogP contribution >= 0.6 is 0 Å². The second kappa shape index (κ2) is 4.10. The van der Waals surface area contributed by atoms with Gasteiger partial charge in [-0.05, 0) is 19.1 Å². The Balaban J connectivity index is 2.37. The van der Waals surface area contributed by atoms with Gasteiger partial charge in [0.05, 0.1) is 0 Å². The Morgan fingerprint density at radius 1 is 1.31 bits per heavy atom. The van der Waals surface area contributed by atoms with E-state index in [9.17, 15) is 4.79 Å². The summed E-state index contributed by atoms with van der Waals surface area (Å²) in [5.74, 6) is 0.137. The number of rotatable bonds is 3. The van der Waals surface area contributed by atoms with Crippen LogP contribution in [-0.2, 0) is 0 Å². The van der Waals surface area contributed by atoms with Crippen LogP contribution in [0.5, 0.6) is 0 Å². The van der Waals surface area contributed by atoms with Crippen LogP contribution in [0.25, 0.3) is 11.0 Å². The van der Waals surface area contributed by atoms with Gasteiger partial charge < -0.3 is 10.2 Å². The third-order valence-electron chi connectivity index (χ3n) is 2.87. The number of hydrogen-bond acceptors (Lipinski definition) is 3. The predicted octanol–water partition coefficient (Wildman–Crippen LogP) is 2.60. The number of nitrogens with two attached hydrogens (primary N) is 1. The predicted molar refractivity (Wildman–Crippen MR) is 63.4 cm³/mol. The van der Waals surface area contributed by atoms with E-state index in [0.717, 1.165) is 11.0 Å². The van der Waals surface area contributed by atoms with E-state index in [1.165, 1.54) is 0 Å². The fourth-order valence-corrected chi connectivity index (χ4v) is 1.57. The first-order valence-electron chi connectivity index (χ1n) is 5.38. The maximum atomic E-state index is 12.0. The van der Waals surface area contributed by atoms with Crippen molar-refractivity contribution in [3.05, 3.63) is 36.1 Å². The van der Waals surface area contributed by atoms with Gasteiger partial charge in [-0.1, -0.05) is 25.1 Å². The third kappa shape index (κ3) is 1.86. The molecule has 0 aliphatic carbocycles. The van der Waals surface area contributed by atoms with Crippen molar-refractivity contribution in [3.63, 3.8) is 0 Å². The first-order valence-corrected chi connectivity index (χ1v) is 5.38. The summed E-state index contributed by atoms with van der Waals surface area (Å²) in [5, 5.41) is 0.947. The van der Waals surface area contributed by atoms with Crippen LogP contribution in [0.3, 0.4) is 0 Å². The Bertz CT molecular complexity index is 480. The van der Waals surface area contributed by atoms with Crippen LogP contribution in [-0.4, -0.2) is 11.8 Å². The second-order valence-electron chi connectivity index (χ2n) is 4.16. The Labute approximate surface area is 94.2 Å². The monoisotopic (exact) mass is 217 g/mol. The fraction of sp³-hybridized carbons (Fsp3) is 0.308. The zero-order chi connectivity index (χ0) is 11.7. The fourth-order valence-electron chi connectivity index (χ4n) is 1.57. The highest BCUT2D eigenvalue weighted by Gasteiger charge is 2.22. The van der Waals surface area contributed by atoms with Gasteiger partial charge >= 0.3 is 0 Å². The summed E-state index contributed by atoms with van der Waals surface area (Å²) in [6.07, 6.45) is 0. The van der Waals surface area contributed by atoms with E-state index >= 15 is 0 Å². The SMILES string of the molecule is CC(N)C(C)C(=O)c1cc2ccccc2o1. The van der Waals surface area contributed by atoms with Gasteiger partial charge in [-0.2, -0.15) is 0 Å². The number of carbonyl (C=O) groups excluding carboxylic acids is 1. The van der Waals surface area contributed by atoms with Crippen LogP contribution in [0.1, 0.15) is 24.4 Å². The molecule has 0 spiro atoms. The molecule has 0 fully saturated rings. The molecule has 0 aliphatic heterocycles. The molecular weight excluding hydrogens is 202 g/mol. The van der Waals surface area contributed by atoms with Crippen LogP contribution in [0.2, 0.25) is 0 Å². The molecule has 0 saturated heterocycles. The minimum Gasteiger partial charge on any atom is -0.453 e. The topological polar surface area (TPSA) is 56.2 Å². The molecule has 0 bridgehead atoms. The maximum Gasteiger partial charge on any atom is 0.202 e. The molecule has 0 aliphatic rings. The molecule has 2 rings (SSSR count). The number of ketones is 1. The minimum absolute atomic E-state index is 0.0359. The normalized spacial score (nSPS) is 14.9. The quantitative estimate of drug-likeness (QED) is 0.804. The standard InChI is InChI=1S/C13H15NO2/c1-8(9(2)14)13(15)12-7-10-5-3-4-6-11(10)16-12/h3-9H,14H2,1-2H3. The number of carbonyl (C=O) groups is 1. The Kier molecular flexibility index (Phi) is 2.79. The molecule has 0 radical (unpaired) electrons. The van der Waals surface area contributed by atoms with Crippen LogP contribution in [0, 0.1) is 5.92 Å². The van der Waals surface area contributed by atoms with Crippen molar-refractivity contribution < 1.29 is 9.21 Å². The average molecular weight is 217 g/mol. The molecule has 2 aromatic rings. The molecule has 2 atom stereocenters. The van der Waals surface area contributed by atoms with Crippen molar-refractivity contribution in [2.24, 2.45) is 11.7 Å². The molecule has 3 nitrogen and oxygen atoms in total. The molecule has 1 heterocycles. The van der Waals surface area contributed by atoms with Crippen molar-refractivity contribution in [2.75, 3.05) is 0 Å². The number of Topliss-reactive ketones (excluding diaryl/α,β-unsaturated/α-hetero) is 1. The summed E-state index contributed by atoms with van der Waals surface area (Å²) in [7, 11) is 0. The van der Waals surface area contributed by atoms with E-state index < -0.39 is 0 Å². The zero-order valence-corrected chi connectivity index (χ0v) is 9.44. The molecule has 1 aromatic heterocycles. The summed E-state index contributed by atoms with van der Waals surface area (Å²) >= 11 is 0. The summed E-state index contributed by atoms with van der Waals surface area (Å²) in [6.45, 7) is 3.64. The lowest BCUT2D eigenvalue weighted by atomic mass is 9.98. The Hall–Kier alpha value is -1.61. The minimum atomic E-state index is -0.222. The van der Waals surface area contributed by atoms with E-state index in [4.69, 9.17) is 10.2 Å². The van der Waals surface area contributed by atoms with Crippen molar-refractivity contribution >= 4 is 16.8 Å². The average Bonchev–Trinajstić information content (AvgIpc) is 2.70. The lowest BCUT2D eigenvalue weighted by Gasteiger charge is -2.11. The molecule has 0 amide bonds. The van der Waals surface area contributed by atoms with Crippen molar-refractivity contribution in [3.8, 4) is 0 Å². The molecule has 16 heavy (non-hydrogen) atoms. The van der Waals surface area contributed by atoms with Crippen LogP contribution in [0.15, 0.2) is 34.7 Å². The summed E-state index contributed by atoms with van der Waals surface area (Å²) in [5.41, 5.74) is 6.44. The third-order valence-corrected chi connectivity index (χ3v) is 2.87. The van der Waals surface area contributed by atoms with Gasteiger partial charge in [-0.25, -0.2) is 0 Å². The highest BCUT2D eigenvalue weighted by molar-refractivity contribution is 5.99. The maximum absolute atomic E-state index is 12.0. The largest absolute Gasteiger partial charge is 0.453 e. The smallest absolute Gasteiger partial charge is 0.202 e. The van der Waals surface area contributed by atoms with Gasteiger partial charge in [-0.15, -0.1) is 0 Å². The van der Waals surface area contributed by atoms with Gasteiger partial charge in [0.2, 0.25) is 5.78 Å². The van der Waals surface area contributed by atoms with Gasteiger partial charge in [0, 0.05) is 17.3 Å². The number of benzene rings is 1. The number of fused-ring (bicyclic) bond motifs is 1. The molecule has 1 aromatic carbocycles. The summed E-state index contributed by atoms with van der Waals surface area (Å²) < 4.78 is 5.50. The van der Waals surface area contributed by atoms with E-state index in [2.05, 4.69) is 0 Å². The molecule has 2 unspecified atom stereocenters. The summed E-state index contributed by atoms with van der Waals surface area (Å²) in [6, 6.07) is 9.18. The van der Waals surface area contributed by atoms with E-state index in [0.29, 0.717) is 5.76 Å². The zero-order valence-electron chi connectivity index (χ0n) is 9.44. The molecule has 84 valence electrons. The van der Waals surface area contributed by atoms with Gasteiger partial charge in [0.25, 0.3) is 0 Å². The number of furan rings is 1. The van der Waals surface area contributed by atoms with E-state index in [-0.39, 0.29) is 17.7 Å². The van der Waals surface area contributed by atoms with Gasteiger partial charge in [0.15, 0.2) is 5.76 Å². The Morgan fingerprint density at radius 3 is 2.62 bits per heavy atom. The first-order chi connectivity index (χ1) is 7.59. The molecule has 2 N–H and O–H groups in total. The van der Waals surface area contributed by atoms with Crippen molar-refractivity contribution in [1.29, 1.82) is 0 Å². The molecular formula is C13H15NO2. The summed E-state index contributed by atoms with van der Waals surface area (Å²) in [4.78, 5) is 12.0. The van der Waals surface area contributed by atoms with E-state index in [1.807, 2.05) is 38.1 Å². The first kappa shape index (κ1) is 10.9. The Morgan fingerprint density at radius 2 is 2.00 bits per heavy atom. The van der Waals surface area contributed by atoms with Gasteiger partial charge in [0.1, 0.15) is 5.58 Å². The number of hydrogen-bond donors (Lipinski definition) is 1. The molecule has 3 heteroatoms. The highest BCUT2D eigenvalue weighted by Crippen LogP contribution is 2.21. The van der Waals surface area contributed by atoms with E-state index in [1.54, 1.807) is 6.07 Å². The second-order valence-corrected chi connectivity index (χ2v) is 4.16. The highest BCUT2D eigenvalue weighted by atomic mass is 16.3. The van der Waals surface area contributed by atoms with Crippen molar-refractivity contribution in [1.82, 2.24) is 0 Å².